The molecule has 0 saturated carbocycles. The van der Waals surface area contributed by atoms with E-state index in [1.54, 1.807) is 0 Å². The number of hydrogen-bond donors (Lipinski definition) is 1. The molecule has 0 aromatic heterocycles. The van der Waals surface area contributed by atoms with Gasteiger partial charge in [-0.2, -0.15) is 0 Å². The maximum absolute atomic E-state index is 6.37. The summed E-state index contributed by atoms with van der Waals surface area (Å²) in [5.74, 6) is 1.23. The second-order valence-corrected chi connectivity index (χ2v) is 6.16. The number of nitrogens with zero attached hydrogens (tertiary/aromatic N) is 2. The number of halogens is 1. The van der Waals surface area contributed by atoms with Crippen LogP contribution >= 0.6 is 11.6 Å². The third-order valence-corrected chi connectivity index (χ3v) is 4.74. The third-order valence-electron chi connectivity index (χ3n) is 4.42. The first kappa shape index (κ1) is 15.2. The standard InChI is InChI=1S/C16H24ClN3/c1-4-12(3)10-16(5-2)11-19-15(18)20(16)14-9-7-6-8-13(14)17/h6-9,12H,4-5,10-11H2,1-3H3,(H2,18,19). The Morgan fingerprint density at radius 3 is 2.70 bits per heavy atom. The van der Waals surface area contributed by atoms with Gasteiger partial charge in [0.25, 0.3) is 0 Å². The molecule has 0 spiro atoms. The summed E-state index contributed by atoms with van der Waals surface area (Å²) in [4.78, 5) is 6.66. The molecule has 0 aliphatic carbocycles. The van der Waals surface area contributed by atoms with E-state index in [9.17, 15) is 0 Å². The Labute approximate surface area is 126 Å². The molecule has 2 atom stereocenters. The molecule has 2 N–H and O–H groups in total. The van der Waals surface area contributed by atoms with Gasteiger partial charge in [-0.15, -0.1) is 0 Å². The van der Waals surface area contributed by atoms with Crippen LogP contribution in [0.4, 0.5) is 5.69 Å². The highest BCUT2D eigenvalue weighted by atomic mass is 35.5. The molecule has 3 nitrogen and oxygen atoms in total. The van der Waals surface area contributed by atoms with Crippen molar-refractivity contribution in [2.75, 3.05) is 11.4 Å². The van der Waals surface area contributed by atoms with E-state index in [2.05, 4.69) is 30.7 Å². The lowest BCUT2D eigenvalue weighted by Crippen LogP contribution is -2.52. The van der Waals surface area contributed by atoms with Crippen molar-refractivity contribution in [1.82, 2.24) is 0 Å². The Morgan fingerprint density at radius 1 is 1.40 bits per heavy atom. The highest BCUT2D eigenvalue weighted by Gasteiger charge is 2.42. The molecule has 110 valence electrons. The molecule has 1 aromatic rings. The van der Waals surface area contributed by atoms with Gasteiger partial charge in [0.15, 0.2) is 5.96 Å². The van der Waals surface area contributed by atoms with Crippen LogP contribution in [0.15, 0.2) is 29.3 Å². The number of para-hydroxylation sites is 1. The van der Waals surface area contributed by atoms with E-state index in [1.807, 2.05) is 24.3 Å². The molecule has 2 rings (SSSR count). The Hall–Kier alpha value is -1.22. The molecule has 0 radical (unpaired) electrons. The van der Waals surface area contributed by atoms with Gasteiger partial charge < -0.3 is 10.6 Å². The normalized spacial score (nSPS) is 23.8. The molecule has 2 unspecified atom stereocenters. The van der Waals surface area contributed by atoms with Crippen LogP contribution in [0, 0.1) is 5.92 Å². The van der Waals surface area contributed by atoms with Gasteiger partial charge in [0.2, 0.25) is 0 Å². The van der Waals surface area contributed by atoms with Crippen molar-refractivity contribution in [3.05, 3.63) is 29.3 Å². The summed E-state index contributed by atoms with van der Waals surface area (Å²) in [7, 11) is 0. The maximum Gasteiger partial charge on any atom is 0.196 e. The second-order valence-electron chi connectivity index (χ2n) is 5.76. The van der Waals surface area contributed by atoms with Crippen LogP contribution in [0.25, 0.3) is 0 Å². The first-order valence-electron chi connectivity index (χ1n) is 7.38. The van der Waals surface area contributed by atoms with Gasteiger partial charge in [-0.3, -0.25) is 4.99 Å². The van der Waals surface area contributed by atoms with Crippen LogP contribution < -0.4 is 10.6 Å². The molecular formula is C16H24ClN3. The van der Waals surface area contributed by atoms with Crippen LogP contribution in [-0.2, 0) is 0 Å². The minimum atomic E-state index is -0.0372. The van der Waals surface area contributed by atoms with Crippen LogP contribution in [-0.4, -0.2) is 18.0 Å². The lowest BCUT2D eigenvalue weighted by atomic mass is 9.83. The van der Waals surface area contributed by atoms with Crippen molar-refractivity contribution in [2.45, 2.75) is 45.6 Å². The average Bonchev–Trinajstić information content (AvgIpc) is 2.77. The molecule has 4 heteroatoms. The molecular weight excluding hydrogens is 270 g/mol. The number of anilines is 1. The monoisotopic (exact) mass is 293 g/mol. The quantitative estimate of drug-likeness (QED) is 0.889. The number of aliphatic imine (C=N–C) groups is 1. The fraction of sp³-hybridized carbons (Fsp3) is 0.562. The number of hydrogen-bond acceptors (Lipinski definition) is 3. The summed E-state index contributed by atoms with van der Waals surface area (Å²) in [5.41, 5.74) is 7.10. The van der Waals surface area contributed by atoms with Crippen LogP contribution in [0.5, 0.6) is 0 Å². The van der Waals surface area contributed by atoms with E-state index in [4.69, 9.17) is 17.3 Å². The van der Waals surface area contributed by atoms with E-state index in [1.165, 1.54) is 0 Å². The largest absolute Gasteiger partial charge is 0.369 e. The predicted octanol–water partition coefficient (Wildman–Crippen LogP) is 4.06. The first-order valence-corrected chi connectivity index (χ1v) is 7.76. The number of rotatable bonds is 5. The molecule has 1 heterocycles. The molecule has 0 saturated heterocycles. The summed E-state index contributed by atoms with van der Waals surface area (Å²) in [6.45, 7) is 7.48. The average molecular weight is 294 g/mol. The van der Waals surface area contributed by atoms with Gasteiger partial charge in [0, 0.05) is 0 Å². The van der Waals surface area contributed by atoms with E-state index in [-0.39, 0.29) is 5.54 Å². The van der Waals surface area contributed by atoms with Crippen LogP contribution in [0.1, 0.15) is 40.0 Å². The van der Waals surface area contributed by atoms with E-state index >= 15 is 0 Å². The third kappa shape index (κ3) is 2.64. The van der Waals surface area contributed by atoms with Gasteiger partial charge in [-0.25, -0.2) is 0 Å². The first-order chi connectivity index (χ1) is 9.54. The van der Waals surface area contributed by atoms with Crippen molar-refractivity contribution in [2.24, 2.45) is 16.6 Å². The Kier molecular flexibility index (Phi) is 4.59. The van der Waals surface area contributed by atoms with Crippen molar-refractivity contribution in [3.8, 4) is 0 Å². The Morgan fingerprint density at radius 2 is 2.10 bits per heavy atom. The topological polar surface area (TPSA) is 41.6 Å². The molecule has 0 bridgehead atoms. The van der Waals surface area contributed by atoms with Gasteiger partial charge in [0.1, 0.15) is 0 Å². The van der Waals surface area contributed by atoms with Crippen LogP contribution in [0.2, 0.25) is 5.02 Å². The number of benzene rings is 1. The lowest BCUT2D eigenvalue weighted by molar-refractivity contribution is 0.333. The van der Waals surface area contributed by atoms with E-state index in [0.717, 1.165) is 36.5 Å². The fourth-order valence-corrected chi connectivity index (χ4v) is 3.21. The summed E-state index contributed by atoms with van der Waals surface area (Å²) in [5, 5.41) is 0.731. The zero-order valence-corrected chi connectivity index (χ0v) is 13.3. The second kappa shape index (κ2) is 6.04. The lowest BCUT2D eigenvalue weighted by Gasteiger charge is -2.40. The van der Waals surface area contributed by atoms with Crippen molar-refractivity contribution >= 4 is 23.2 Å². The predicted molar refractivity (Wildman–Crippen MR) is 87.5 cm³/mol. The van der Waals surface area contributed by atoms with Crippen molar-refractivity contribution < 1.29 is 0 Å². The molecule has 0 fully saturated rings. The highest BCUT2D eigenvalue weighted by molar-refractivity contribution is 6.34. The molecule has 1 aliphatic heterocycles. The molecule has 0 amide bonds. The highest BCUT2D eigenvalue weighted by Crippen LogP contribution is 2.39. The SMILES string of the molecule is CCC(C)CC1(CC)CN=C(N)N1c1ccccc1Cl. The van der Waals surface area contributed by atoms with Gasteiger partial charge >= 0.3 is 0 Å². The Balaban J connectivity index is 2.41. The molecule has 1 aromatic carbocycles. The summed E-state index contributed by atoms with van der Waals surface area (Å²) >= 11 is 6.37. The number of nitrogens with two attached hydrogens (primary N) is 1. The minimum Gasteiger partial charge on any atom is -0.369 e. The van der Waals surface area contributed by atoms with E-state index < -0.39 is 0 Å². The zero-order chi connectivity index (χ0) is 14.8. The van der Waals surface area contributed by atoms with E-state index in [0.29, 0.717) is 11.9 Å². The Bertz CT molecular complexity index is 500. The summed E-state index contributed by atoms with van der Waals surface area (Å²) < 4.78 is 0. The van der Waals surface area contributed by atoms with Gasteiger partial charge in [-0.05, 0) is 30.9 Å². The van der Waals surface area contributed by atoms with Crippen molar-refractivity contribution in [1.29, 1.82) is 0 Å². The maximum atomic E-state index is 6.37. The smallest absolute Gasteiger partial charge is 0.196 e. The zero-order valence-electron chi connectivity index (χ0n) is 12.6. The van der Waals surface area contributed by atoms with Gasteiger partial charge in [0.05, 0.1) is 22.8 Å². The molecule has 20 heavy (non-hydrogen) atoms. The summed E-state index contributed by atoms with van der Waals surface area (Å²) in [6.07, 6.45) is 3.25. The number of guanidine groups is 1. The minimum absolute atomic E-state index is 0.0372. The van der Waals surface area contributed by atoms with Crippen LogP contribution in [0.3, 0.4) is 0 Å². The van der Waals surface area contributed by atoms with Gasteiger partial charge in [-0.1, -0.05) is 50.9 Å². The fourth-order valence-electron chi connectivity index (χ4n) is 2.99. The molecule has 1 aliphatic rings. The summed E-state index contributed by atoms with van der Waals surface area (Å²) in [6, 6.07) is 7.87. The van der Waals surface area contributed by atoms with Crippen molar-refractivity contribution in [3.63, 3.8) is 0 Å².